The Morgan fingerprint density at radius 1 is 1.22 bits per heavy atom. The third-order valence-corrected chi connectivity index (χ3v) is 5.43. The first-order chi connectivity index (χ1) is 11.2. The largest absolute Gasteiger partial charge is 0.454 e. The number of fused-ring (bicyclic) bond motifs is 1. The van der Waals surface area contributed by atoms with E-state index in [1.54, 1.807) is 6.07 Å². The molecule has 0 aromatic heterocycles. The van der Waals surface area contributed by atoms with Gasteiger partial charge in [0.1, 0.15) is 5.75 Å². The zero-order valence-corrected chi connectivity index (χ0v) is 12.9. The van der Waals surface area contributed by atoms with E-state index >= 15 is 0 Å². The van der Waals surface area contributed by atoms with Gasteiger partial charge < -0.3 is 19.5 Å². The second-order valence-electron chi connectivity index (χ2n) is 6.79. The predicted molar refractivity (Wildman–Crippen MR) is 79.9 cm³/mol. The molecule has 0 spiro atoms. The number of ether oxygens (including phenoxy) is 3. The maximum Gasteiger partial charge on any atom is 0.387 e. The monoisotopic (exact) mass is 325 g/mol. The lowest BCUT2D eigenvalue weighted by Crippen LogP contribution is -2.33. The third-order valence-electron chi connectivity index (χ3n) is 5.43. The first kappa shape index (κ1) is 15.0. The molecule has 4 nitrogen and oxygen atoms in total. The smallest absolute Gasteiger partial charge is 0.387 e. The van der Waals surface area contributed by atoms with Crippen LogP contribution in [-0.4, -0.2) is 19.9 Å². The molecular formula is C17H21F2NO3. The minimum atomic E-state index is -2.85. The van der Waals surface area contributed by atoms with Crippen LogP contribution >= 0.6 is 0 Å². The summed E-state index contributed by atoms with van der Waals surface area (Å²) >= 11 is 0. The minimum absolute atomic E-state index is 0.116. The van der Waals surface area contributed by atoms with Crippen molar-refractivity contribution in [3.05, 3.63) is 17.7 Å². The van der Waals surface area contributed by atoms with Gasteiger partial charge in [-0.3, -0.25) is 0 Å². The van der Waals surface area contributed by atoms with E-state index < -0.39 is 6.61 Å². The molecule has 0 bridgehead atoms. The summed E-state index contributed by atoms with van der Waals surface area (Å²) in [5.41, 5.74) is 1.14. The molecule has 1 aliphatic heterocycles. The highest BCUT2D eigenvalue weighted by Gasteiger charge is 2.50. The van der Waals surface area contributed by atoms with Crippen LogP contribution in [0.5, 0.6) is 17.2 Å². The van der Waals surface area contributed by atoms with Gasteiger partial charge in [0.2, 0.25) is 6.79 Å². The van der Waals surface area contributed by atoms with Crippen molar-refractivity contribution in [2.75, 3.05) is 13.3 Å². The maximum absolute atomic E-state index is 12.6. The quantitative estimate of drug-likeness (QED) is 0.830. The van der Waals surface area contributed by atoms with Crippen molar-refractivity contribution in [1.29, 1.82) is 0 Å². The van der Waals surface area contributed by atoms with E-state index in [0.717, 1.165) is 12.5 Å². The topological polar surface area (TPSA) is 39.7 Å². The van der Waals surface area contributed by atoms with Crippen LogP contribution in [0.3, 0.4) is 0 Å². The third kappa shape index (κ3) is 2.96. The van der Waals surface area contributed by atoms with Gasteiger partial charge in [-0.15, -0.1) is 0 Å². The van der Waals surface area contributed by atoms with Crippen LogP contribution in [0.4, 0.5) is 8.78 Å². The summed E-state index contributed by atoms with van der Waals surface area (Å²) in [5.74, 6) is 2.05. The molecule has 0 unspecified atom stereocenters. The molecule has 6 heteroatoms. The molecule has 1 heterocycles. The molecule has 0 saturated heterocycles. The number of hydrogen-bond acceptors (Lipinski definition) is 4. The van der Waals surface area contributed by atoms with E-state index in [2.05, 4.69) is 10.1 Å². The summed E-state index contributed by atoms with van der Waals surface area (Å²) in [6, 6.07) is 3.22. The van der Waals surface area contributed by atoms with Crippen molar-refractivity contribution >= 4 is 0 Å². The number of halogens is 2. The Balaban J connectivity index is 1.43. The molecule has 2 aliphatic carbocycles. The van der Waals surface area contributed by atoms with Crippen molar-refractivity contribution in [2.24, 2.45) is 11.3 Å². The molecule has 4 rings (SSSR count). The zero-order chi connectivity index (χ0) is 15.9. The van der Waals surface area contributed by atoms with Gasteiger partial charge in [-0.2, -0.15) is 8.78 Å². The number of nitrogens with one attached hydrogen (secondary N) is 1. The number of rotatable bonds is 7. The molecule has 0 amide bonds. The highest BCUT2D eigenvalue weighted by molar-refractivity contribution is 5.51. The summed E-state index contributed by atoms with van der Waals surface area (Å²) in [7, 11) is 0. The molecule has 23 heavy (non-hydrogen) atoms. The second-order valence-corrected chi connectivity index (χ2v) is 6.79. The summed E-state index contributed by atoms with van der Waals surface area (Å²) in [5, 5.41) is 3.44. The Kier molecular flexibility index (Phi) is 3.79. The van der Waals surface area contributed by atoms with Crippen LogP contribution in [0.25, 0.3) is 0 Å². The van der Waals surface area contributed by atoms with E-state index in [9.17, 15) is 8.78 Å². The van der Waals surface area contributed by atoms with Crippen LogP contribution in [0.15, 0.2) is 12.1 Å². The van der Waals surface area contributed by atoms with Gasteiger partial charge in [-0.25, -0.2) is 0 Å². The van der Waals surface area contributed by atoms with Gasteiger partial charge in [0.15, 0.2) is 11.5 Å². The fourth-order valence-electron chi connectivity index (χ4n) is 3.67. The predicted octanol–water partition coefficient (Wildman–Crippen LogP) is 3.69. The van der Waals surface area contributed by atoms with Crippen molar-refractivity contribution in [2.45, 2.75) is 45.3 Å². The Hall–Kier alpha value is -1.56. The van der Waals surface area contributed by atoms with Crippen molar-refractivity contribution in [1.82, 2.24) is 5.32 Å². The Morgan fingerprint density at radius 2 is 1.96 bits per heavy atom. The van der Waals surface area contributed by atoms with Gasteiger partial charge in [0, 0.05) is 24.7 Å². The van der Waals surface area contributed by atoms with Crippen molar-refractivity contribution < 1.29 is 23.0 Å². The normalized spacial score (nSPS) is 21.3. The zero-order valence-electron chi connectivity index (χ0n) is 12.9. The molecular weight excluding hydrogens is 304 g/mol. The van der Waals surface area contributed by atoms with E-state index in [1.807, 2.05) is 0 Å². The van der Waals surface area contributed by atoms with Gasteiger partial charge in [0.05, 0.1) is 0 Å². The lowest BCUT2D eigenvalue weighted by molar-refractivity contribution is -0.0505. The van der Waals surface area contributed by atoms with E-state index in [-0.39, 0.29) is 12.5 Å². The molecule has 1 aromatic rings. The Bertz CT molecular complexity index is 585. The molecule has 0 atom stereocenters. The minimum Gasteiger partial charge on any atom is -0.454 e. The van der Waals surface area contributed by atoms with Gasteiger partial charge in [0.25, 0.3) is 0 Å². The average molecular weight is 325 g/mol. The van der Waals surface area contributed by atoms with Crippen LogP contribution in [0, 0.1) is 11.3 Å². The lowest BCUT2D eigenvalue weighted by Gasteiger charge is -2.34. The van der Waals surface area contributed by atoms with Crippen molar-refractivity contribution in [3.63, 3.8) is 0 Å². The highest BCUT2D eigenvalue weighted by Crippen LogP contribution is 2.58. The molecule has 126 valence electrons. The standard InChI is InChI=1S/C17H21F2NO3/c18-16(19)23-13-7-15-14(21-10-22-15)6-11(13)8-20-9-17(4-5-17)12-2-1-3-12/h6-7,12,16,20H,1-5,8-10H2. The van der Waals surface area contributed by atoms with Crippen LogP contribution in [0.2, 0.25) is 0 Å². The molecule has 2 saturated carbocycles. The van der Waals surface area contributed by atoms with E-state index in [0.29, 0.717) is 29.0 Å². The van der Waals surface area contributed by atoms with Crippen molar-refractivity contribution in [3.8, 4) is 17.2 Å². The van der Waals surface area contributed by atoms with Gasteiger partial charge >= 0.3 is 6.61 Å². The fourth-order valence-corrected chi connectivity index (χ4v) is 3.67. The summed E-state index contributed by atoms with van der Waals surface area (Å²) < 4.78 is 40.4. The molecule has 0 radical (unpaired) electrons. The van der Waals surface area contributed by atoms with Gasteiger partial charge in [-0.1, -0.05) is 6.42 Å². The van der Waals surface area contributed by atoms with E-state index in [4.69, 9.17) is 9.47 Å². The number of alkyl halides is 2. The summed E-state index contributed by atoms with van der Waals surface area (Å²) in [6.45, 7) is -1.29. The fraction of sp³-hybridized carbons (Fsp3) is 0.647. The lowest BCUT2D eigenvalue weighted by atomic mass is 9.73. The maximum atomic E-state index is 12.6. The van der Waals surface area contributed by atoms with Crippen LogP contribution < -0.4 is 19.5 Å². The average Bonchev–Trinajstić information content (AvgIpc) is 3.05. The highest BCUT2D eigenvalue weighted by atomic mass is 19.3. The van der Waals surface area contributed by atoms with Crippen LogP contribution in [-0.2, 0) is 6.54 Å². The second kappa shape index (κ2) is 5.82. The molecule has 3 aliphatic rings. The Morgan fingerprint density at radius 3 is 2.57 bits per heavy atom. The summed E-state index contributed by atoms with van der Waals surface area (Å²) in [4.78, 5) is 0. The Labute approximate surface area is 134 Å². The molecule has 1 aromatic carbocycles. The molecule has 1 N–H and O–H groups in total. The van der Waals surface area contributed by atoms with E-state index in [1.165, 1.54) is 38.2 Å². The van der Waals surface area contributed by atoms with Gasteiger partial charge in [-0.05, 0) is 43.1 Å². The van der Waals surface area contributed by atoms with Crippen LogP contribution in [0.1, 0.15) is 37.7 Å². The first-order valence-electron chi connectivity index (χ1n) is 8.24. The molecule has 2 fully saturated rings. The SMILES string of the molecule is FC(F)Oc1cc2c(cc1CNCC1(C3CCC3)CC1)OCO2. The number of benzene rings is 1. The first-order valence-corrected chi connectivity index (χ1v) is 8.24. The number of hydrogen-bond donors (Lipinski definition) is 1. The summed E-state index contributed by atoms with van der Waals surface area (Å²) in [6.07, 6.45) is 6.59.